The van der Waals surface area contributed by atoms with Gasteiger partial charge in [-0.1, -0.05) is 12.1 Å². The minimum absolute atomic E-state index is 0.00875. The highest BCUT2D eigenvalue weighted by atomic mass is 16.6. The molecule has 0 spiro atoms. The van der Waals surface area contributed by atoms with Crippen molar-refractivity contribution in [3.8, 4) is 0 Å². The first kappa shape index (κ1) is 23.6. The molecule has 0 fully saturated rings. The molecule has 1 aromatic rings. The molecule has 10 nitrogen and oxygen atoms in total. The standard InChI is InChI=1S/C21H24N2O8/c1-11(2)31-21(26)17-12(3)22-16(10-30-13(4)24)19(20(25)29-5)18(17)14-7-6-8-15(9-14)23(27)28/h6-9,11,18,22H,10H2,1-5H3/t18-/m1/s1. The number of methoxy groups -OCH3 is 1. The molecule has 1 atom stereocenters. The van der Waals surface area contributed by atoms with E-state index in [1.807, 2.05) is 0 Å². The van der Waals surface area contributed by atoms with Crippen molar-refractivity contribution in [2.75, 3.05) is 13.7 Å². The maximum atomic E-state index is 12.9. The Morgan fingerprint density at radius 2 is 1.87 bits per heavy atom. The molecule has 10 heteroatoms. The van der Waals surface area contributed by atoms with Gasteiger partial charge in [0, 0.05) is 24.8 Å². The minimum atomic E-state index is -1.04. The van der Waals surface area contributed by atoms with Crippen LogP contribution in [0, 0.1) is 10.1 Å². The second-order valence-corrected chi connectivity index (χ2v) is 7.07. The molecule has 0 radical (unpaired) electrons. The number of esters is 3. The zero-order chi connectivity index (χ0) is 23.3. The summed E-state index contributed by atoms with van der Waals surface area (Å²) in [5, 5.41) is 14.2. The molecular formula is C21H24N2O8. The van der Waals surface area contributed by atoms with E-state index in [4.69, 9.17) is 14.2 Å². The Morgan fingerprint density at radius 1 is 1.19 bits per heavy atom. The topological polar surface area (TPSA) is 134 Å². The van der Waals surface area contributed by atoms with E-state index in [1.54, 1.807) is 26.8 Å². The number of rotatable bonds is 7. The fourth-order valence-corrected chi connectivity index (χ4v) is 3.23. The minimum Gasteiger partial charge on any atom is -0.466 e. The number of carbonyl (C=O) groups excluding carboxylic acids is 3. The largest absolute Gasteiger partial charge is 0.466 e. The molecule has 0 aliphatic carbocycles. The Morgan fingerprint density at radius 3 is 2.42 bits per heavy atom. The van der Waals surface area contributed by atoms with Gasteiger partial charge in [0.25, 0.3) is 5.69 Å². The molecule has 0 aromatic heterocycles. The van der Waals surface area contributed by atoms with Gasteiger partial charge in [0.05, 0.1) is 40.9 Å². The van der Waals surface area contributed by atoms with E-state index in [0.717, 1.165) is 0 Å². The van der Waals surface area contributed by atoms with E-state index < -0.39 is 34.9 Å². The number of benzene rings is 1. The van der Waals surface area contributed by atoms with Crippen LogP contribution >= 0.6 is 0 Å². The van der Waals surface area contributed by atoms with Crippen LogP contribution in [0.2, 0.25) is 0 Å². The lowest BCUT2D eigenvalue weighted by Gasteiger charge is -2.31. The number of nitro groups is 1. The zero-order valence-electron chi connectivity index (χ0n) is 17.9. The first-order chi connectivity index (χ1) is 14.6. The predicted molar refractivity (Wildman–Crippen MR) is 109 cm³/mol. The average Bonchev–Trinajstić information content (AvgIpc) is 2.70. The Bertz CT molecular complexity index is 977. The lowest BCUT2D eigenvalue weighted by molar-refractivity contribution is -0.384. The number of non-ortho nitro benzene ring substituents is 1. The second kappa shape index (κ2) is 9.88. The van der Waals surface area contributed by atoms with Gasteiger partial charge in [-0.05, 0) is 26.3 Å². The Hall–Kier alpha value is -3.69. The summed E-state index contributed by atoms with van der Waals surface area (Å²) in [6.07, 6.45) is -0.438. The van der Waals surface area contributed by atoms with E-state index in [-0.39, 0.29) is 29.1 Å². The van der Waals surface area contributed by atoms with Crippen LogP contribution in [-0.4, -0.2) is 42.7 Å². The third-order valence-corrected chi connectivity index (χ3v) is 4.45. The lowest BCUT2D eigenvalue weighted by atomic mass is 9.80. The fourth-order valence-electron chi connectivity index (χ4n) is 3.23. The summed E-state index contributed by atoms with van der Waals surface area (Å²) in [5.41, 5.74) is 0.753. The molecule has 1 aliphatic heterocycles. The summed E-state index contributed by atoms with van der Waals surface area (Å²) in [7, 11) is 1.17. The highest BCUT2D eigenvalue weighted by molar-refractivity contribution is 6.00. The molecule has 0 saturated heterocycles. The van der Waals surface area contributed by atoms with Crippen molar-refractivity contribution in [3.63, 3.8) is 0 Å². The molecule has 0 saturated carbocycles. The summed E-state index contributed by atoms with van der Waals surface area (Å²) >= 11 is 0. The van der Waals surface area contributed by atoms with Crippen LogP contribution in [0.15, 0.2) is 46.8 Å². The van der Waals surface area contributed by atoms with Gasteiger partial charge >= 0.3 is 17.9 Å². The number of allylic oxidation sites excluding steroid dienone is 1. The molecule has 0 amide bonds. The molecular weight excluding hydrogens is 408 g/mol. The zero-order valence-corrected chi connectivity index (χ0v) is 17.9. The highest BCUT2D eigenvalue weighted by Crippen LogP contribution is 2.40. The number of hydrogen-bond donors (Lipinski definition) is 1. The van der Waals surface area contributed by atoms with Gasteiger partial charge < -0.3 is 19.5 Å². The van der Waals surface area contributed by atoms with Crippen LogP contribution in [0.1, 0.15) is 39.2 Å². The fraction of sp³-hybridized carbons (Fsp3) is 0.381. The first-order valence-electron chi connectivity index (χ1n) is 9.44. The van der Waals surface area contributed by atoms with Crippen molar-refractivity contribution in [3.05, 3.63) is 62.5 Å². The molecule has 1 aromatic carbocycles. The molecule has 31 heavy (non-hydrogen) atoms. The van der Waals surface area contributed by atoms with E-state index in [1.165, 1.54) is 32.2 Å². The van der Waals surface area contributed by atoms with Gasteiger partial charge in [0.1, 0.15) is 6.61 Å². The summed E-state index contributed by atoms with van der Waals surface area (Å²) in [4.78, 5) is 47.7. The van der Waals surface area contributed by atoms with Gasteiger partial charge in [-0.3, -0.25) is 14.9 Å². The summed E-state index contributed by atoms with van der Waals surface area (Å²) in [6, 6.07) is 5.59. The number of nitro benzene ring substituents is 1. The summed E-state index contributed by atoms with van der Waals surface area (Å²) < 4.78 is 15.3. The van der Waals surface area contributed by atoms with Crippen LogP contribution < -0.4 is 5.32 Å². The second-order valence-electron chi connectivity index (χ2n) is 7.07. The van der Waals surface area contributed by atoms with Crippen LogP contribution in [0.4, 0.5) is 5.69 Å². The smallest absolute Gasteiger partial charge is 0.337 e. The van der Waals surface area contributed by atoms with Gasteiger partial charge in [-0.15, -0.1) is 0 Å². The summed E-state index contributed by atoms with van der Waals surface area (Å²) in [5.74, 6) is -3.08. The van der Waals surface area contributed by atoms with Gasteiger partial charge in [-0.25, -0.2) is 9.59 Å². The Kier molecular flexibility index (Phi) is 7.51. The van der Waals surface area contributed by atoms with E-state index >= 15 is 0 Å². The third kappa shape index (κ3) is 5.47. The van der Waals surface area contributed by atoms with Gasteiger partial charge in [-0.2, -0.15) is 0 Å². The number of dihydropyridines is 1. The maximum Gasteiger partial charge on any atom is 0.337 e. The number of carbonyl (C=O) groups is 3. The van der Waals surface area contributed by atoms with E-state index in [9.17, 15) is 24.5 Å². The molecule has 0 bridgehead atoms. The first-order valence-corrected chi connectivity index (χ1v) is 9.44. The SMILES string of the molecule is COC(=O)C1=C(COC(C)=O)NC(C)=C(C(=O)OC(C)C)[C@H]1c1cccc([N+](=O)[O-])c1. The molecule has 1 heterocycles. The monoisotopic (exact) mass is 432 g/mol. The van der Waals surface area contributed by atoms with Crippen molar-refractivity contribution < 1.29 is 33.5 Å². The number of hydrogen-bond acceptors (Lipinski definition) is 9. The highest BCUT2D eigenvalue weighted by Gasteiger charge is 2.39. The van der Waals surface area contributed by atoms with Crippen LogP contribution in [0.25, 0.3) is 0 Å². The van der Waals surface area contributed by atoms with Gasteiger partial charge in [0.15, 0.2) is 0 Å². The van der Waals surface area contributed by atoms with Crippen molar-refractivity contribution in [1.82, 2.24) is 5.32 Å². The lowest BCUT2D eigenvalue weighted by Crippen LogP contribution is -2.35. The predicted octanol–water partition coefficient (Wildman–Crippen LogP) is 2.50. The Balaban J connectivity index is 2.75. The number of nitrogens with zero attached hydrogens (tertiary/aromatic N) is 1. The quantitative estimate of drug-likeness (QED) is 0.298. The third-order valence-electron chi connectivity index (χ3n) is 4.45. The van der Waals surface area contributed by atoms with E-state index in [0.29, 0.717) is 11.3 Å². The normalized spacial score (nSPS) is 16.0. The summed E-state index contributed by atoms with van der Waals surface area (Å²) in [6.45, 7) is 5.89. The molecule has 1 aliphatic rings. The van der Waals surface area contributed by atoms with Crippen molar-refractivity contribution >= 4 is 23.6 Å². The van der Waals surface area contributed by atoms with Gasteiger partial charge in [0.2, 0.25) is 0 Å². The van der Waals surface area contributed by atoms with Crippen molar-refractivity contribution in [2.24, 2.45) is 0 Å². The van der Waals surface area contributed by atoms with Crippen LogP contribution in [0.5, 0.6) is 0 Å². The number of ether oxygens (including phenoxy) is 3. The number of nitrogens with one attached hydrogen (secondary N) is 1. The van der Waals surface area contributed by atoms with Crippen molar-refractivity contribution in [2.45, 2.75) is 39.7 Å². The molecule has 2 rings (SSSR count). The molecule has 1 N–H and O–H groups in total. The van der Waals surface area contributed by atoms with Crippen molar-refractivity contribution in [1.29, 1.82) is 0 Å². The molecule has 166 valence electrons. The van der Waals surface area contributed by atoms with Crippen LogP contribution in [0.3, 0.4) is 0 Å². The molecule has 0 unspecified atom stereocenters. The van der Waals surface area contributed by atoms with E-state index in [2.05, 4.69) is 5.32 Å². The Labute approximate surface area is 179 Å². The average molecular weight is 432 g/mol. The van der Waals surface area contributed by atoms with Crippen LogP contribution in [-0.2, 0) is 28.6 Å². The maximum absolute atomic E-state index is 12.9.